The van der Waals surface area contributed by atoms with Crippen LogP contribution in [-0.4, -0.2) is 40.5 Å². The number of likely N-dealkylation sites (N-methyl/N-ethyl adjacent to an activating group) is 1. The van der Waals surface area contributed by atoms with E-state index in [-0.39, 0.29) is 16.2 Å². The van der Waals surface area contributed by atoms with Gasteiger partial charge in [-0.3, -0.25) is 24.2 Å². The maximum Gasteiger partial charge on any atom is 0.416 e. The number of amides is 3. The van der Waals surface area contributed by atoms with Crippen LogP contribution in [0.2, 0.25) is 0 Å². The highest BCUT2D eigenvalue weighted by Crippen LogP contribution is 2.44. The van der Waals surface area contributed by atoms with Crippen LogP contribution in [0.1, 0.15) is 11.1 Å². The molecule has 2 heterocycles. The molecule has 0 aromatic heterocycles. The second-order valence-corrected chi connectivity index (χ2v) is 8.62. The van der Waals surface area contributed by atoms with Crippen molar-refractivity contribution in [2.24, 2.45) is 0 Å². The number of hydrogen-bond donors (Lipinski definition) is 1. The molecular formula is C21H14F3N3O3S2. The number of para-hydroxylation sites is 1. The minimum Gasteiger partial charge on any atom is -0.325 e. The molecule has 2 aliphatic heterocycles. The minimum absolute atomic E-state index is 0.0446. The van der Waals surface area contributed by atoms with Crippen LogP contribution in [0.25, 0.3) is 5.57 Å². The van der Waals surface area contributed by atoms with Gasteiger partial charge in [-0.1, -0.05) is 48.2 Å². The summed E-state index contributed by atoms with van der Waals surface area (Å²) in [5.74, 6) is -1.65. The van der Waals surface area contributed by atoms with Gasteiger partial charge in [-0.15, -0.1) is 0 Å². The molecule has 0 saturated carbocycles. The number of carbonyl (C=O) groups is 3. The van der Waals surface area contributed by atoms with Gasteiger partial charge in [0.2, 0.25) is 5.91 Å². The smallest absolute Gasteiger partial charge is 0.325 e. The van der Waals surface area contributed by atoms with Crippen LogP contribution in [-0.2, 0) is 20.6 Å². The van der Waals surface area contributed by atoms with Crippen molar-refractivity contribution in [2.75, 3.05) is 23.8 Å². The number of hydrogen-bond acceptors (Lipinski definition) is 5. The number of halogens is 3. The molecule has 0 aliphatic carbocycles. The standard InChI is InChI=1S/C21H14F3N3O3S2/c1-26-19(30)17(32-20(26)31)16-13-7-2-3-8-14(13)27(18(16)29)10-15(28)25-12-6-4-5-11(9-12)21(22,23)24/h2-9H,10H2,1H3,(H,25,28). The number of fused-ring (bicyclic) bond motifs is 1. The van der Waals surface area contributed by atoms with Gasteiger partial charge in [0.1, 0.15) is 10.9 Å². The van der Waals surface area contributed by atoms with Crippen molar-refractivity contribution in [3.8, 4) is 0 Å². The predicted octanol–water partition coefficient (Wildman–Crippen LogP) is 3.89. The molecule has 2 aromatic rings. The Morgan fingerprint density at radius 2 is 1.81 bits per heavy atom. The number of thiocarbonyl (C=S) groups is 1. The Bertz CT molecular complexity index is 1210. The zero-order valence-electron chi connectivity index (χ0n) is 16.4. The van der Waals surface area contributed by atoms with Crippen molar-refractivity contribution in [3.05, 3.63) is 64.6 Å². The molecule has 0 spiro atoms. The first kappa shape index (κ1) is 22.0. The molecule has 0 atom stereocenters. The number of benzene rings is 2. The van der Waals surface area contributed by atoms with Gasteiger partial charge in [-0.05, 0) is 24.3 Å². The van der Waals surface area contributed by atoms with E-state index >= 15 is 0 Å². The van der Waals surface area contributed by atoms with Gasteiger partial charge in [0.05, 0.1) is 21.7 Å². The topological polar surface area (TPSA) is 69.7 Å². The van der Waals surface area contributed by atoms with Gasteiger partial charge in [0.25, 0.3) is 11.8 Å². The average Bonchev–Trinajstić information content (AvgIpc) is 3.15. The lowest BCUT2D eigenvalue weighted by atomic mass is 10.1. The maximum absolute atomic E-state index is 13.2. The molecule has 1 fully saturated rings. The SMILES string of the molecule is CN1C(=O)C(=C2C(=O)N(CC(=O)Nc3cccc(C(F)(F)F)c3)c3ccccc32)SC1=S. The van der Waals surface area contributed by atoms with Crippen LogP contribution in [0.3, 0.4) is 0 Å². The minimum atomic E-state index is -4.55. The Morgan fingerprint density at radius 1 is 1.09 bits per heavy atom. The van der Waals surface area contributed by atoms with E-state index in [2.05, 4.69) is 5.32 Å². The fourth-order valence-electron chi connectivity index (χ4n) is 3.37. The van der Waals surface area contributed by atoms with Crippen molar-refractivity contribution in [2.45, 2.75) is 6.18 Å². The normalized spacial score (nSPS) is 18.4. The van der Waals surface area contributed by atoms with E-state index in [0.717, 1.165) is 23.9 Å². The van der Waals surface area contributed by atoms with E-state index in [9.17, 15) is 27.6 Å². The maximum atomic E-state index is 13.2. The number of carbonyl (C=O) groups excluding carboxylic acids is 3. The predicted molar refractivity (Wildman–Crippen MR) is 119 cm³/mol. The van der Waals surface area contributed by atoms with Crippen molar-refractivity contribution < 1.29 is 27.6 Å². The molecule has 2 aliphatic rings. The summed E-state index contributed by atoms with van der Waals surface area (Å²) in [6.07, 6.45) is -4.55. The van der Waals surface area contributed by atoms with Crippen LogP contribution >= 0.6 is 24.0 Å². The highest BCUT2D eigenvalue weighted by Gasteiger charge is 2.41. The Kier molecular flexibility index (Phi) is 5.55. The van der Waals surface area contributed by atoms with E-state index in [1.807, 2.05) is 0 Å². The Labute approximate surface area is 190 Å². The van der Waals surface area contributed by atoms with Gasteiger partial charge in [0.15, 0.2) is 0 Å². The third-order valence-corrected chi connectivity index (χ3v) is 6.44. The third-order valence-electron chi connectivity index (χ3n) is 4.89. The summed E-state index contributed by atoms with van der Waals surface area (Å²) in [4.78, 5) is 41.0. The van der Waals surface area contributed by atoms with E-state index in [4.69, 9.17) is 12.2 Å². The summed E-state index contributed by atoms with van der Waals surface area (Å²) in [6.45, 7) is -0.442. The van der Waals surface area contributed by atoms with Crippen molar-refractivity contribution >= 4 is 63.0 Å². The van der Waals surface area contributed by atoms with Crippen LogP contribution in [0.15, 0.2) is 53.4 Å². The first-order valence-electron chi connectivity index (χ1n) is 9.20. The molecule has 11 heteroatoms. The monoisotopic (exact) mass is 477 g/mol. The lowest BCUT2D eigenvalue weighted by molar-refractivity contribution is -0.137. The first-order valence-corrected chi connectivity index (χ1v) is 10.4. The van der Waals surface area contributed by atoms with E-state index < -0.39 is 36.0 Å². The lowest BCUT2D eigenvalue weighted by Gasteiger charge is -2.17. The van der Waals surface area contributed by atoms with Crippen molar-refractivity contribution in [1.82, 2.24) is 4.90 Å². The quantitative estimate of drug-likeness (QED) is 0.537. The number of anilines is 2. The molecule has 0 bridgehead atoms. The molecule has 6 nitrogen and oxygen atoms in total. The Balaban J connectivity index is 1.62. The second kappa shape index (κ2) is 8.06. The van der Waals surface area contributed by atoms with Crippen molar-refractivity contribution in [3.63, 3.8) is 0 Å². The van der Waals surface area contributed by atoms with Gasteiger partial charge in [-0.25, -0.2) is 0 Å². The molecular weight excluding hydrogens is 463 g/mol. The number of nitrogens with zero attached hydrogens (tertiary/aromatic N) is 2. The molecule has 164 valence electrons. The van der Waals surface area contributed by atoms with Gasteiger partial charge < -0.3 is 5.32 Å². The van der Waals surface area contributed by atoms with Crippen LogP contribution < -0.4 is 10.2 Å². The number of rotatable bonds is 3. The van der Waals surface area contributed by atoms with Crippen LogP contribution in [0, 0.1) is 0 Å². The van der Waals surface area contributed by atoms with E-state index in [0.29, 0.717) is 15.6 Å². The first-order chi connectivity index (χ1) is 15.1. The lowest BCUT2D eigenvalue weighted by Crippen LogP contribution is -2.35. The number of nitrogens with one attached hydrogen (secondary N) is 1. The van der Waals surface area contributed by atoms with Gasteiger partial charge >= 0.3 is 6.18 Å². The molecule has 2 aromatic carbocycles. The summed E-state index contributed by atoms with van der Waals surface area (Å²) in [5.41, 5.74) is 0.110. The van der Waals surface area contributed by atoms with E-state index in [1.54, 1.807) is 24.3 Å². The fraction of sp³-hybridized carbons (Fsp3) is 0.143. The molecule has 4 rings (SSSR count). The average molecular weight is 477 g/mol. The third kappa shape index (κ3) is 3.89. The molecule has 0 unspecified atom stereocenters. The number of thioether (sulfide) groups is 1. The summed E-state index contributed by atoms with van der Waals surface area (Å²) in [6, 6.07) is 10.9. The number of alkyl halides is 3. The van der Waals surface area contributed by atoms with Crippen LogP contribution in [0.4, 0.5) is 24.5 Å². The summed E-state index contributed by atoms with van der Waals surface area (Å²) in [5, 5.41) is 2.39. The molecule has 3 amide bonds. The summed E-state index contributed by atoms with van der Waals surface area (Å²) >= 11 is 6.15. The zero-order valence-corrected chi connectivity index (χ0v) is 18.0. The molecule has 0 radical (unpaired) electrons. The molecule has 32 heavy (non-hydrogen) atoms. The summed E-state index contributed by atoms with van der Waals surface area (Å²) < 4.78 is 39.1. The second-order valence-electron chi connectivity index (χ2n) is 6.97. The largest absolute Gasteiger partial charge is 0.416 e. The fourth-order valence-corrected chi connectivity index (χ4v) is 4.62. The van der Waals surface area contributed by atoms with Crippen molar-refractivity contribution in [1.29, 1.82) is 0 Å². The summed E-state index contributed by atoms with van der Waals surface area (Å²) in [7, 11) is 1.51. The molecule has 1 N–H and O–H groups in total. The highest BCUT2D eigenvalue weighted by atomic mass is 32.2. The highest BCUT2D eigenvalue weighted by molar-refractivity contribution is 8.26. The van der Waals surface area contributed by atoms with Crippen LogP contribution in [0.5, 0.6) is 0 Å². The molecule has 1 saturated heterocycles. The zero-order chi connectivity index (χ0) is 23.2. The van der Waals surface area contributed by atoms with Gasteiger partial charge in [-0.2, -0.15) is 13.2 Å². The van der Waals surface area contributed by atoms with E-state index in [1.165, 1.54) is 29.0 Å². The Morgan fingerprint density at radius 3 is 2.47 bits per heavy atom. The Hall–Kier alpha value is -3.18. The van der Waals surface area contributed by atoms with Gasteiger partial charge in [0, 0.05) is 18.3 Å².